The largest absolute Gasteiger partial charge is 0.393 e. The number of carbonyl (C=O) groups is 1. The number of aliphatic hydroxyl groups excluding tert-OH is 1. The third-order valence-corrected chi connectivity index (χ3v) is 9.88. The summed E-state index contributed by atoms with van der Waals surface area (Å²) in [4.78, 5) is 13.5. The quantitative estimate of drug-likeness (QED) is 0.701. The average Bonchev–Trinajstić information content (AvgIpc) is 3.14. The fourth-order valence-corrected chi connectivity index (χ4v) is 7.88. The lowest BCUT2D eigenvalue weighted by Gasteiger charge is -2.59. The Morgan fingerprint density at radius 1 is 1.17 bits per heavy atom. The first-order chi connectivity index (χ1) is 13.7. The highest BCUT2D eigenvalue weighted by atomic mass is 16.3. The molecule has 0 spiro atoms. The minimum atomic E-state index is -0.180. The number of fused-ring (bicyclic) bond motifs is 5. The Labute approximate surface area is 174 Å². The maximum Gasteiger partial charge on any atom is 0.165 e. The molecule has 158 valence electrons. The van der Waals surface area contributed by atoms with Crippen LogP contribution < -0.4 is 0 Å². The van der Waals surface area contributed by atoms with Gasteiger partial charge in [0, 0.05) is 23.7 Å². The second-order valence-electron chi connectivity index (χ2n) is 11.1. The molecular formula is C25H36N2O2. The standard InChI is InChI=1S/C25H36N2O2/c1-15-17(14-26-27(15)4)11-16-12-22-20-6-5-18-13-19(28)7-9-24(18,2)21(20)8-10-25(22,3)23(16)29/h11,14,18-22,28H,5-10,12-13H2,1-4H3/b16-11-/t18-,19-,20+,21-,22-,24-,25-/m0/s1. The second-order valence-corrected chi connectivity index (χ2v) is 11.1. The van der Waals surface area contributed by atoms with Gasteiger partial charge in [0.25, 0.3) is 0 Å². The second kappa shape index (κ2) is 6.54. The van der Waals surface area contributed by atoms with Gasteiger partial charge in [-0.05, 0) is 99.0 Å². The van der Waals surface area contributed by atoms with E-state index in [0.29, 0.717) is 29.0 Å². The number of carbonyl (C=O) groups excluding carboxylic acids is 1. The highest BCUT2D eigenvalue weighted by Gasteiger charge is 2.61. The number of aliphatic hydroxyl groups is 1. The first-order valence-corrected chi connectivity index (χ1v) is 11.7. The number of aromatic nitrogens is 2. The lowest BCUT2D eigenvalue weighted by molar-refractivity contribution is -0.141. The highest BCUT2D eigenvalue weighted by Crippen LogP contribution is 2.66. The van der Waals surface area contributed by atoms with Crippen LogP contribution in [0.3, 0.4) is 0 Å². The van der Waals surface area contributed by atoms with E-state index in [9.17, 15) is 9.90 Å². The lowest BCUT2D eigenvalue weighted by Crippen LogP contribution is -2.54. The minimum absolute atomic E-state index is 0.0937. The van der Waals surface area contributed by atoms with E-state index < -0.39 is 0 Å². The maximum atomic E-state index is 13.5. The van der Waals surface area contributed by atoms with Crippen LogP contribution in [-0.4, -0.2) is 26.8 Å². The lowest BCUT2D eigenvalue weighted by atomic mass is 9.45. The number of rotatable bonds is 1. The van der Waals surface area contributed by atoms with Crippen molar-refractivity contribution in [3.8, 4) is 0 Å². The van der Waals surface area contributed by atoms with Gasteiger partial charge in [0.05, 0.1) is 12.3 Å². The van der Waals surface area contributed by atoms with Crippen LogP contribution in [-0.2, 0) is 11.8 Å². The molecule has 4 saturated carbocycles. The van der Waals surface area contributed by atoms with Crippen LogP contribution in [0.5, 0.6) is 0 Å². The van der Waals surface area contributed by atoms with Gasteiger partial charge in [0.1, 0.15) is 0 Å². The summed E-state index contributed by atoms with van der Waals surface area (Å²) in [7, 11) is 1.96. The van der Waals surface area contributed by atoms with Crippen molar-refractivity contribution in [1.29, 1.82) is 0 Å². The van der Waals surface area contributed by atoms with E-state index in [2.05, 4.69) is 31.9 Å². The molecule has 0 saturated heterocycles. The number of aryl methyl sites for hydroxylation is 1. The van der Waals surface area contributed by atoms with Crippen LogP contribution in [0.2, 0.25) is 0 Å². The number of ketones is 1. The molecule has 29 heavy (non-hydrogen) atoms. The van der Waals surface area contributed by atoms with Gasteiger partial charge in [-0.3, -0.25) is 9.48 Å². The van der Waals surface area contributed by atoms with Crippen LogP contribution in [0, 0.1) is 41.4 Å². The molecule has 4 aliphatic rings. The Morgan fingerprint density at radius 3 is 2.69 bits per heavy atom. The third-order valence-electron chi connectivity index (χ3n) is 9.88. The molecule has 1 aromatic rings. The highest BCUT2D eigenvalue weighted by molar-refractivity contribution is 6.06. The first-order valence-electron chi connectivity index (χ1n) is 11.7. The third kappa shape index (κ3) is 2.74. The Hall–Kier alpha value is -1.42. The maximum absolute atomic E-state index is 13.5. The Kier molecular flexibility index (Phi) is 4.40. The summed E-state index contributed by atoms with van der Waals surface area (Å²) in [6.07, 6.45) is 12.7. The van der Waals surface area contributed by atoms with Crippen LogP contribution in [0.1, 0.15) is 76.5 Å². The molecular weight excluding hydrogens is 360 g/mol. The van der Waals surface area contributed by atoms with Gasteiger partial charge in [-0.1, -0.05) is 13.8 Å². The van der Waals surface area contributed by atoms with Gasteiger partial charge in [0.15, 0.2) is 5.78 Å². The van der Waals surface area contributed by atoms with E-state index in [0.717, 1.165) is 54.9 Å². The predicted octanol–water partition coefficient (Wildman–Crippen LogP) is 4.69. The Morgan fingerprint density at radius 2 is 1.97 bits per heavy atom. The Balaban J connectivity index is 1.46. The fraction of sp³-hybridized carbons (Fsp3) is 0.760. The van der Waals surface area contributed by atoms with Crippen molar-refractivity contribution in [3.05, 3.63) is 23.0 Å². The summed E-state index contributed by atoms with van der Waals surface area (Å²) in [6, 6.07) is 0. The van der Waals surface area contributed by atoms with E-state index in [1.807, 2.05) is 17.9 Å². The summed E-state index contributed by atoms with van der Waals surface area (Å²) in [5.41, 5.74) is 3.42. The van der Waals surface area contributed by atoms with Gasteiger partial charge >= 0.3 is 0 Å². The fourth-order valence-electron chi connectivity index (χ4n) is 7.88. The molecule has 0 radical (unpaired) electrons. The molecule has 4 aliphatic carbocycles. The molecule has 1 aromatic heterocycles. The number of hydrogen-bond donors (Lipinski definition) is 1. The number of nitrogens with zero attached hydrogens (tertiary/aromatic N) is 2. The SMILES string of the molecule is Cc1c(/C=C2/C[C@H]3[C@@H]4CC[C@H]5C[C@@H](O)CC[C@]5(C)[C@H]4CC[C@]3(C)C2=O)cnn1C. The minimum Gasteiger partial charge on any atom is -0.393 e. The summed E-state index contributed by atoms with van der Waals surface area (Å²) in [5, 5.41) is 14.6. The van der Waals surface area contributed by atoms with E-state index in [-0.39, 0.29) is 11.5 Å². The monoisotopic (exact) mass is 396 g/mol. The summed E-state index contributed by atoms with van der Waals surface area (Å²) in [5.74, 6) is 2.94. The van der Waals surface area contributed by atoms with Gasteiger partial charge in [-0.15, -0.1) is 0 Å². The van der Waals surface area contributed by atoms with Crippen molar-refractivity contribution in [1.82, 2.24) is 9.78 Å². The molecule has 0 aliphatic heterocycles. The van der Waals surface area contributed by atoms with Gasteiger partial charge in [-0.25, -0.2) is 0 Å². The molecule has 4 heteroatoms. The van der Waals surface area contributed by atoms with Crippen LogP contribution >= 0.6 is 0 Å². The summed E-state index contributed by atoms with van der Waals surface area (Å²) in [6.45, 7) is 6.84. The van der Waals surface area contributed by atoms with E-state index >= 15 is 0 Å². The molecule has 4 fully saturated rings. The average molecular weight is 397 g/mol. The van der Waals surface area contributed by atoms with Crippen molar-refractivity contribution >= 4 is 11.9 Å². The van der Waals surface area contributed by atoms with Gasteiger partial charge < -0.3 is 5.11 Å². The topological polar surface area (TPSA) is 55.1 Å². The van der Waals surface area contributed by atoms with Crippen molar-refractivity contribution in [3.63, 3.8) is 0 Å². The molecule has 5 rings (SSSR count). The predicted molar refractivity (Wildman–Crippen MR) is 114 cm³/mol. The molecule has 0 unspecified atom stereocenters. The molecule has 0 aromatic carbocycles. The molecule has 0 amide bonds. The van der Waals surface area contributed by atoms with Crippen molar-refractivity contribution in [2.45, 2.75) is 78.2 Å². The molecule has 0 bridgehead atoms. The number of allylic oxidation sites excluding steroid dienone is 1. The van der Waals surface area contributed by atoms with Crippen LogP contribution in [0.15, 0.2) is 11.8 Å². The molecule has 7 atom stereocenters. The van der Waals surface area contributed by atoms with Crippen molar-refractivity contribution in [2.75, 3.05) is 0 Å². The van der Waals surface area contributed by atoms with Crippen molar-refractivity contribution < 1.29 is 9.90 Å². The number of hydrogen-bond acceptors (Lipinski definition) is 3. The van der Waals surface area contributed by atoms with E-state index in [1.54, 1.807) is 0 Å². The van der Waals surface area contributed by atoms with Gasteiger partial charge in [-0.2, -0.15) is 5.10 Å². The van der Waals surface area contributed by atoms with E-state index in [1.165, 1.54) is 19.3 Å². The summed E-state index contributed by atoms with van der Waals surface area (Å²) >= 11 is 0. The van der Waals surface area contributed by atoms with Gasteiger partial charge in [0.2, 0.25) is 0 Å². The normalized spacial score (nSPS) is 45.8. The molecule has 1 N–H and O–H groups in total. The van der Waals surface area contributed by atoms with E-state index in [4.69, 9.17) is 0 Å². The zero-order valence-corrected chi connectivity index (χ0v) is 18.4. The smallest absolute Gasteiger partial charge is 0.165 e. The molecule has 4 nitrogen and oxygen atoms in total. The van der Waals surface area contributed by atoms with Crippen LogP contribution in [0.25, 0.3) is 6.08 Å². The first kappa shape index (κ1) is 19.5. The van der Waals surface area contributed by atoms with Crippen LogP contribution in [0.4, 0.5) is 0 Å². The zero-order valence-electron chi connectivity index (χ0n) is 18.4. The molecule has 1 heterocycles. The Bertz CT molecular complexity index is 870. The zero-order chi connectivity index (χ0) is 20.6. The summed E-state index contributed by atoms with van der Waals surface area (Å²) < 4.78 is 1.89. The number of Topliss-reactive ketones (excluding diaryl/α,β-unsaturated/α-hetero) is 1. The van der Waals surface area contributed by atoms with Crippen molar-refractivity contribution in [2.24, 2.45) is 41.5 Å².